The lowest BCUT2D eigenvalue weighted by Crippen LogP contribution is -2.15. The fourth-order valence-electron chi connectivity index (χ4n) is 3.28. The predicted octanol–water partition coefficient (Wildman–Crippen LogP) is 4.23. The van der Waals surface area contributed by atoms with Gasteiger partial charge in [-0.05, 0) is 24.3 Å². The van der Waals surface area contributed by atoms with E-state index in [0.717, 1.165) is 0 Å². The summed E-state index contributed by atoms with van der Waals surface area (Å²) in [6.07, 6.45) is 0. The van der Waals surface area contributed by atoms with E-state index in [1.54, 1.807) is 36.4 Å². The molecule has 2 N–H and O–H groups in total. The molecule has 3 rings (SSSR count). The summed E-state index contributed by atoms with van der Waals surface area (Å²) in [5.41, 5.74) is 1.50. The molecule has 0 aliphatic heterocycles. The molecule has 9 heteroatoms. The average molecular weight is 466 g/mol. The van der Waals surface area contributed by atoms with Gasteiger partial charge in [-0.3, -0.25) is 9.59 Å². The zero-order valence-corrected chi connectivity index (χ0v) is 19.6. The Labute approximate surface area is 197 Å². The highest BCUT2D eigenvalue weighted by Gasteiger charge is 2.20. The Kier molecular flexibility index (Phi) is 7.81. The Morgan fingerprint density at radius 3 is 1.41 bits per heavy atom. The highest BCUT2D eigenvalue weighted by Crippen LogP contribution is 2.40. The maximum absolute atomic E-state index is 13.0. The van der Waals surface area contributed by atoms with Gasteiger partial charge in [0.15, 0.2) is 11.5 Å². The number of anilines is 2. The van der Waals surface area contributed by atoms with Crippen LogP contribution in [0.4, 0.5) is 11.4 Å². The fraction of sp³-hybridized carbons (Fsp3) is 0.200. The van der Waals surface area contributed by atoms with Crippen molar-refractivity contribution < 1.29 is 33.3 Å². The molecule has 0 atom stereocenters. The highest BCUT2D eigenvalue weighted by atomic mass is 16.5. The molecule has 2 amide bonds. The van der Waals surface area contributed by atoms with Crippen molar-refractivity contribution in [1.29, 1.82) is 0 Å². The van der Waals surface area contributed by atoms with Gasteiger partial charge in [0.2, 0.25) is 5.75 Å². The van der Waals surface area contributed by atoms with Gasteiger partial charge in [-0.2, -0.15) is 0 Å². The van der Waals surface area contributed by atoms with Crippen LogP contribution in [-0.4, -0.2) is 47.4 Å². The van der Waals surface area contributed by atoms with E-state index in [2.05, 4.69) is 10.6 Å². The Bertz CT molecular complexity index is 1150. The number of amides is 2. The van der Waals surface area contributed by atoms with Crippen molar-refractivity contribution in [3.63, 3.8) is 0 Å². The summed E-state index contributed by atoms with van der Waals surface area (Å²) >= 11 is 0. The first-order valence-electron chi connectivity index (χ1n) is 10.2. The molecule has 0 spiro atoms. The Morgan fingerprint density at radius 1 is 0.559 bits per heavy atom. The topological polar surface area (TPSA) is 104 Å². The third-order valence-electron chi connectivity index (χ3n) is 4.98. The molecule has 3 aromatic rings. The summed E-state index contributed by atoms with van der Waals surface area (Å²) in [5.74, 6) is 0.969. The van der Waals surface area contributed by atoms with Crippen LogP contribution in [0.3, 0.4) is 0 Å². The van der Waals surface area contributed by atoms with Crippen molar-refractivity contribution in [3.05, 3.63) is 65.7 Å². The van der Waals surface area contributed by atoms with Crippen molar-refractivity contribution in [2.75, 3.05) is 46.2 Å². The average Bonchev–Trinajstić information content (AvgIpc) is 2.88. The van der Waals surface area contributed by atoms with Crippen LogP contribution in [0.2, 0.25) is 0 Å². The summed E-state index contributed by atoms with van der Waals surface area (Å²) in [6.45, 7) is 0. The molecule has 0 aliphatic rings. The van der Waals surface area contributed by atoms with Crippen LogP contribution in [0, 0.1) is 0 Å². The van der Waals surface area contributed by atoms with Crippen LogP contribution in [0.5, 0.6) is 28.7 Å². The number of nitrogens with one attached hydrogen (secondary N) is 2. The Hall–Kier alpha value is -4.40. The molecule has 0 aliphatic carbocycles. The van der Waals surface area contributed by atoms with Gasteiger partial charge in [-0.25, -0.2) is 0 Å². The molecule has 0 aromatic heterocycles. The fourth-order valence-corrected chi connectivity index (χ4v) is 3.28. The summed E-state index contributed by atoms with van der Waals surface area (Å²) in [5, 5.41) is 5.60. The third kappa shape index (κ3) is 5.15. The molecule has 0 radical (unpaired) electrons. The first-order valence-corrected chi connectivity index (χ1v) is 10.2. The number of benzene rings is 3. The second-order valence-corrected chi connectivity index (χ2v) is 6.94. The van der Waals surface area contributed by atoms with Crippen molar-refractivity contribution in [2.24, 2.45) is 0 Å². The minimum absolute atomic E-state index is 0.275. The molecule has 0 saturated heterocycles. The number of hydrogen-bond acceptors (Lipinski definition) is 7. The number of hydrogen-bond donors (Lipinski definition) is 2. The number of carbonyl (C=O) groups is 2. The molecule has 34 heavy (non-hydrogen) atoms. The van der Waals surface area contributed by atoms with Crippen molar-refractivity contribution >= 4 is 23.2 Å². The maximum atomic E-state index is 13.0. The van der Waals surface area contributed by atoms with Crippen LogP contribution >= 0.6 is 0 Å². The smallest absolute Gasteiger partial charge is 0.256 e. The third-order valence-corrected chi connectivity index (χ3v) is 4.98. The monoisotopic (exact) mass is 466 g/mol. The van der Waals surface area contributed by atoms with Gasteiger partial charge in [0.1, 0.15) is 11.5 Å². The molecule has 0 bridgehead atoms. The maximum Gasteiger partial charge on any atom is 0.256 e. The number of rotatable bonds is 9. The molecular formula is C25H26N2O7. The summed E-state index contributed by atoms with van der Waals surface area (Å²) in [7, 11) is 7.34. The molecule has 3 aromatic carbocycles. The SMILES string of the molecule is COc1cc(NC(=O)c2cc(OC)c(OC)c(OC)c2)c(OC)cc1NC(=O)c1ccccc1. The van der Waals surface area contributed by atoms with E-state index in [1.807, 2.05) is 6.07 Å². The van der Waals surface area contributed by atoms with Gasteiger partial charge in [0.25, 0.3) is 11.8 Å². The minimum Gasteiger partial charge on any atom is -0.494 e. The molecular weight excluding hydrogens is 440 g/mol. The van der Waals surface area contributed by atoms with Crippen molar-refractivity contribution in [3.8, 4) is 28.7 Å². The van der Waals surface area contributed by atoms with Gasteiger partial charge >= 0.3 is 0 Å². The predicted molar refractivity (Wildman–Crippen MR) is 128 cm³/mol. The van der Waals surface area contributed by atoms with E-state index >= 15 is 0 Å². The normalized spacial score (nSPS) is 10.1. The lowest BCUT2D eigenvalue weighted by molar-refractivity contribution is 0.101. The number of ether oxygens (including phenoxy) is 5. The van der Waals surface area contributed by atoms with Gasteiger partial charge < -0.3 is 34.3 Å². The first-order chi connectivity index (χ1) is 16.4. The van der Waals surface area contributed by atoms with Crippen LogP contribution in [0.25, 0.3) is 0 Å². The summed E-state index contributed by atoms with van der Waals surface area (Å²) < 4.78 is 26.8. The van der Waals surface area contributed by atoms with Gasteiger partial charge in [0, 0.05) is 23.3 Å². The molecule has 178 valence electrons. The Morgan fingerprint density at radius 2 is 1.00 bits per heavy atom. The largest absolute Gasteiger partial charge is 0.494 e. The molecule has 0 heterocycles. The first kappa shape index (κ1) is 24.2. The molecule has 0 saturated carbocycles. The molecule has 0 unspecified atom stereocenters. The van der Waals surface area contributed by atoms with E-state index in [1.165, 1.54) is 47.7 Å². The van der Waals surface area contributed by atoms with E-state index in [9.17, 15) is 9.59 Å². The van der Waals surface area contributed by atoms with E-state index in [-0.39, 0.29) is 11.5 Å². The van der Waals surface area contributed by atoms with Gasteiger partial charge in [-0.1, -0.05) is 18.2 Å². The second kappa shape index (κ2) is 11.0. The number of methoxy groups -OCH3 is 5. The zero-order chi connectivity index (χ0) is 24.7. The van der Waals surface area contributed by atoms with Crippen LogP contribution < -0.4 is 34.3 Å². The van der Waals surface area contributed by atoms with Crippen LogP contribution in [0.15, 0.2) is 54.6 Å². The summed E-state index contributed by atoms with van der Waals surface area (Å²) in [4.78, 5) is 25.6. The van der Waals surface area contributed by atoms with E-state index in [4.69, 9.17) is 23.7 Å². The molecule has 0 fully saturated rings. The summed E-state index contributed by atoms with van der Waals surface area (Å²) in [6, 6.07) is 15.0. The van der Waals surface area contributed by atoms with E-state index < -0.39 is 5.91 Å². The van der Waals surface area contributed by atoms with Crippen molar-refractivity contribution in [1.82, 2.24) is 0 Å². The van der Waals surface area contributed by atoms with Gasteiger partial charge in [0.05, 0.1) is 46.9 Å². The van der Waals surface area contributed by atoms with Crippen molar-refractivity contribution in [2.45, 2.75) is 0 Å². The molecule has 9 nitrogen and oxygen atoms in total. The number of carbonyl (C=O) groups excluding carboxylic acids is 2. The quantitative estimate of drug-likeness (QED) is 0.486. The van der Waals surface area contributed by atoms with Gasteiger partial charge in [-0.15, -0.1) is 0 Å². The Balaban J connectivity index is 1.91. The highest BCUT2D eigenvalue weighted by molar-refractivity contribution is 6.08. The second-order valence-electron chi connectivity index (χ2n) is 6.94. The standard InChI is InChI=1S/C25H26N2O7/c1-30-19-14-18(20(31-2)13-17(19)26-24(28)15-9-7-6-8-10-15)27-25(29)16-11-21(32-3)23(34-5)22(12-16)33-4/h6-14H,1-5H3,(H,26,28)(H,27,29). The van der Waals surface area contributed by atoms with Crippen LogP contribution in [-0.2, 0) is 0 Å². The lowest BCUT2D eigenvalue weighted by Gasteiger charge is -2.17. The minimum atomic E-state index is -0.444. The van der Waals surface area contributed by atoms with Crippen LogP contribution in [0.1, 0.15) is 20.7 Å². The zero-order valence-electron chi connectivity index (χ0n) is 19.6. The lowest BCUT2D eigenvalue weighted by atomic mass is 10.1. The van der Waals surface area contributed by atoms with E-state index in [0.29, 0.717) is 45.7 Å².